The largest absolute Gasteiger partial charge is 0.457 e. The molecule has 0 heterocycles. The third-order valence-corrected chi connectivity index (χ3v) is 10.0. The number of ketones is 3. The molecule has 0 bridgehead atoms. The molecule has 8 heteroatoms. The maximum absolute atomic E-state index is 14.2. The number of esters is 2. The molecule has 7 nitrogen and oxygen atoms in total. The Kier molecular flexibility index (Phi) is 7.24. The summed E-state index contributed by atoms with van der Waals surface area (Å²) in [5.74, 6) is -2.78. The fraction of sp³-hybridized carbons (Fsp3) is 0.469. The SMILES string of the molecule is CCC(=O)OCC(=O)[C@]1(OC(=O)c2ccccc2)C(=CCl)C[C@H]2[C@@H]3CCC4=CC(=O)C=C[C@]4(C)[C@H]3C(=O)C[C@@]21C. The van der Waals surface area contributed by atoms with Crippen molar-refractivity contribution < 1.29 is 33.4 Å². The second kappa shape index (κ2) is 10.3. The average Bonchev–Trinajstić information content (AvgIpc) is 3.19. The van der Waals surface area contributed by atoms with E-state index in [9.17, 15) is 24.0 Å². The normalized spacial score (nSPS) is 35.4. The number of hydrogen-bond donors (Lipinski definition) is 0. The Hall–Kier alpha value is -3.32. The van der Waals surface area contributed by atoms with E-state index in [1.54, 1.807) is 43.3 Å². The number of halogens is 1. The van der Waals surface area contributed by atoms with Crippen LogP contribution in [-0.2, 0) is 28.7 Å². The van der Waals surface area contributed by atoms with Crippen LogP contribution in [0, 0.1) is 28.6 Å². The van der Waals surface area contributed by atoms with Crippen LogP contribution in [0.1, 0.15) is 63.2 Å². The maximum atomic E-state index is 14.2. The standard InChI is InChI=1S/C32H33ClO7/c1-4-27(37)39-18-26(36)32(40-29(38)19-8-6-5-7-9-19)21(17-33)15-24-23-11-10-20-14-22(34)12-13-30(20,2)28(23)25(35)16-31(24,32)3/h5-9,12-14,17,23-24,28H,4,10-11,15-16,18H2,1-3H3/t23-,24-,28+,30-,31-,32+/m0/s1. The Morgan fingerprint density at radius 3 is 2.52 bits per heavy atom. The van der Waals surface area contributed by atoms with E-state index in [4.69, 9.17) is 21.1 Å². The van der Waals surface area contributed by atoms with Crippen LogP contribution in [-0.4, -0.2) is 41.5 Å². The van der Waals surface area contributed by atoms with Crippen LogP contribution < -0.4 is 0 Å². The lowest BCUT2D eigenvalue weighted by atomic mass is 9.46. The van der Waals surface area contributed by atoms with Gasteiger partial charge >= 0.3 is 11.9 Å². The highest BCUT2D eigenvalue weighted by Crippen LogP contribution is 2.68. The van der Waals surface area contributed by atoms with Crippen LogP contribution in [0.4, 0.5) is 0 Å². The fourth-order valence-corrected chi connectivity index (χ4v) is 8.13. The number of hydrogen-bond acceptors (Lipinski definition) is 7. The summed E-state index contributed by atoms with van der Waals surface area (Å²) in [5, 5.41) is 0. The molecular weight excluding hydrogens is 532 g/mol. The lowest BCUT2D eigenvalue weighted by Gasteiger charge is -2.56. The summed E-state index contributed by atoms with van der Waals surface area (Å²) in [6, 6.07) is 8.32. The smallest absolute Gasteiger partial charge is 0.339 e. The summed E-state index contributed by atoms with van der Waals surface area (Å²) in [7, 11) is 0. The Labute approximate surface area is 238 Å². The molecule has 4 aliphatic carbocycles. The number of benzene rings is 1. The molecule has 4 aliphatic rings. The summed E-state index contributed by atoms with van der Waals surface area (Å²) in [4.78, 5) is 66.0. The minimum absolute atomic E-state index is 0.0345. The van der Waals surface area contributed by atoms with Gasteiger partial charge in [-0.15, -0.1) is 0 Å². The molecule has 1 aromatic carbocycles. The zero-order valence-electron chi connectivity index (χ0n) is 22.9. The van der Waals surface area contributed by atoms with Crippen LogP contribution in [0.3, 0.4) is 0 Å². The molecule has 0 aromatic heterocycles. The zero-order chi connectivity index (χ0) is 28.9. The molecule has 0 amide bonds. The first kappa shape index (κ1) is 28.2. The van der Waals surface area contributed by atoms with E-state index in [0.717, 1.165) is 5.57 Å². The van der Waals surface area contributed by atoms with Gasteiger partial charge in [0.1, 0.15) is 5.78 Å². The number of carbonyl (C=O) groups excluding carboxylic acids is 5. The molecule has 0 unspecified atom stereocenters. The average molecular weight is 565 g/mol. The molecule has 3 saturated carbocycles. The summed E-state index contributed by atoms with van der Waals surface area (Å²) in [6.07, 6.45) is 6.72. The summed E-state index contributed by atoms with van der Waals surface area (Å²) in [5.41, 5.74) is -0.735. The number of ether oxygens (including phenoxy) is 2. The number of fused-ring (bicyclic) bond motifs is 5. The highest BCUT2D eigenvalue weighted by molar-refractivity contribution is 6.26. The molecule has 5 rings (SSSR count). The number of rotatable bonds is 6. The molecule has 0 saturated heterocycles. The molecule has 3 fully saturated rings. The van der Waals surface area contributed by atoms with Crippen LogP contribution >= 0.6 is 11.6 Å². The second-order valence-electron chi connectivity index (χ2n) is 11.7. The van der Waals surface area contributed by atoms with Crippen molar-refractivity contribution in [2.24, 2.45) is 28.6 Å². The number of Topliss-reactive ketones (excluding diaryl/α,β-unsaturated/α-hetero) is 2. The van der Waals surface area contributed by atoms with Gasteiger partial charge in [0.05, 0.1) is 5.56 Å². The predicted octanol–water partition coefficient (Wildman–Crippen LogP) is 5.32. The van der Waals surface area contributed by atoms with E-state index in [1.807, 2.05) is 19.9 Å². The number of carbonyl (C=O) groups is 5. The predicted molar refractivity (Wildman–Crippen MR) is 147 cm³/mol. The van der Waals surface area contributed by atoms with Gasteiger partial charge in [0.25, 0.3) is 0 Å². The van der Waals surface area contributed by atoms with Crippen LogP contribution in [0.5, 0.6) is 0 Å². The highest BCUT2D eigenvalue weighted by Gasteiger charge is 2.72. The molecule has 40 heavy (non-hydrogen) atoms. The van der Waals surface area contributed by atoms with Crippen LogP contribution in [0.15, 0.2) is 65.2 Å². The second-order valence-corrected chi connectivity index (χ2v) is 12.0. The number of allylic oxidation sites excluding steroid dienone is 4. The Morgan fingerprint density at radius 2 is 1.85 bits per heavy atom. The molecule has 0 aliphatic heterocycles. The topological polar surface area (TPSA) is 104 Å². The van der Waals surface area contributed by atoms with Gasteiger partial charge in [-0.25, -0.2) is 4.79 Å². The van der Waals surface area contributed by atoms with Crippen molar-refractivity contribution in [3.8, 4) is 0 Å². The minimum Gasteiger partial charge on any atom is -0.457 e. The first-order valence-electron chi connectivity index (χ1n) is 13.8. The quantitative estimate of drug-likeness (QED) is 0.430. The van der Waals surface area contributed by atoms with Gasteiger partial charge in [-0.05, 0) is 61.0 Å². The third-order valence-electron chi connectivity index (χ3n) is 9.78. The van der Waals surface area contributed by atoms with Gasteiger partial charge < -0.3 is 9.47 Å². The molecule has 210 valence electrons. The Morgan fingerprint density at radius 1 is 1.12 bits per heavy atom. The van der Waals surface area contributed by atoms with Crippen molar-refractivity contribution in [2.45, 2.75) is 58.5 Å². The molecule has 0 spiro atoms. The molecular formula is C32H33ClO7. The van der Waals surface area contributed by atoms with Crippen molar-refractivity contribution in [2.75, 3.05) is 6.61 Å². The Bertz CT molecular complexity index is 1370. The van der Waals surface area contributed by atoms with Crippen molar-refractivity contribution >= 4 is 40.9 Å². The summed E-state index contributed by atoms with van der Waals surface area (Å²) < 4.78 is 11.4. The zero-order valence-corrected chi connectivity index (χ0v) is 23.7. The molecule has 1 aromatic rings. The van der Waals surface area contributed by atoms with Crippen LogP contribution in [0.25, 0.3) is 0 Å². The lowest BCUT2D eigenvalue weighted by molar-refractivity contribution is -0.169. The molecule has 0 N–H and O–H groups in total. The van der Waals surface area contributed by atoms with E-state index in [0.29, 0.717) is 24.8 Å². The maximum Gasteiger partial charge on any atom is 0.339 e. The Balaban J connectivity index is 1.61. The monoisotopic (exact) mass is 564 g/mol. The van der Waals surface area contributed by atoms with Crippen molar-refractivity contribution in [1.29, 1.82) is 0 Å². The van der Waals surface area contributed by atoms with Gasteiger partial charge in [-0.2, -0.15) is 0 Å². The van der Waals surface area contributed by atoms with Crippen molar-refractivity contribution in [3.05, 3.63) is 70.8 Å². The highest BCUT2D eigenvalue weighted by atomic mass is 35.5. The molecule has 0 radical (unpaired) electrons. The lowest BCUT2D eigenvalue weighted by Crippen LogP contribution is -2.62. The minimum atomic E-state index is -1.89. The van der Waals surface area contributed by atoms with Gasteiger partial charge in [-0.1, -0.05) is 62.2 Å². The van der Waals surface area contributed by atoms with E-state index in [1.165, 1.54) is 11.6 Å². The van der Waals surface area contributed by atoms with E-state index in [2.05, 4.69) is 0 Å². The van der Waals surface area contributed by atoms with Crippen molar-refractivity contribution in [3.63, 3.8) is 0 Å². The van der Waals surface area contributed by atoms with E-state index < -0.39 is 40.8 Å². The summed E-state index contributed by atoms with van der Waals surface area (Å²) in [6.45, 7) is 4.84. The van der Waals surface area contributed by atoms with E-state index >= 15 is 0 Å². The van der Waals surface area contributed by atoms with Crippen LogP contribution in [0.2, 0.25) is 0 Å². The first-order chi connectivity index (χ1) is 19.0. The van der Waals surface area contributed by atoms with Gasteiger partial charge in [0, 0.05) is 35.1 Å². The van der Waals surface area contributed by atoms with Gasteiger partial charge in [0.15, 0.2) is 12.4 Å². The summed E-state index contributed by atoms with van der Waals surface area (Å²) >= 11 is 6.39. The van der Waals surface area contributed by atoms with Crippen molar-refractivity contribution in [1.82, 2.24) is 0 Å². The fourth-order valence-electron chi connectivity index (χ4n) is 7.89. The first-order valence-corrected chi connectivity index (χ1v) is 14.2. The third kappa shape index (κ3) is 4.12. The molecule has 6 atom stereocenters. The van der Waals surface area contributed by atoms with Gasteiger partial charge in [-0.3, -0.25) is 19.2 Å². The van der Waals surface area contributed by atoms with E-state index in [-0.39, 0.29) is 47.7 Å². The van der Waals surface area contributed by atoms with Gasteiger partial charge in [0.2, 0.25) is 11.4 Å².